The van der Waals surface area contributed by atoms with Crippen LogP contribution in [-0.4, -0.2) is 5.11 Å². The van der Waals surface area contributed by atoms with Gasteiger partial charge in [-0.2, -0.15) is 4.57 Å². The summed E-state index contributed by atoms with van der Waals surface area (Å²) in [4.78, 5) is 12.8. The summed E-state index contributed by atoms with van der Waals surface area (Å²) in [6.45, 7) is 6.79. The van der Waals surface area contributed by atoms with Gasteiger partial charge in [-0.1, -0.05) is 43.3 Å². The van der Waals surface area contributed by atoms with Crippen LogP contribution in [0.5, 0.6) is 5.88 Å². The summed E-state index contributed by atoms with van der Waals surface area (Å²) in [6, 6.07) is 9.46. The Morgan fingerprint density at radius 3 is 2.79 bits per heavy atom. The molecule has 2 heterocycles. The number of fused-ring (bicyclic) bond motifs is 1. The summed E-state index contributed by atoms with van der Waals surface area (Å²) in [5, 5.41) is 11.9. The lowest BCUT2D eigenvalue weighted by molar-refractivity contribution is -0.715. The SMILES string of the molecule is C=CCCC1(CC)CCC[n+]2c1sc(=O)c(-c1ccccc1)c2O. The van der Waals surface area contributed by atoms with Crippen molar-refractivity contribution in [3.63, 3.8) is 0 Å². The molecule has 0 aliphatic carbocycles. The second kappa shape index (κ2) is 6.89. The number of aromatic nitrogens is 1. The van der Waals surface area contributed by atoms with Gasteiger partial charge in [0, 0.05) is 6.42 Å². The van der Waals surface area contributed by atoms with E-state index in [1.165, 1.54) is 11.3 Å². The van der Waals surface area contributed by atoms with Crippen LogP contribution in [-0.2, 0) is 12.0 Å². The Morgan fingerprint density at radius 2 is 2.12 bits per heavy atom. The van der Waals surface area contributed by atoms with Crippen molar-refractivity contribution in [1.82, 2.24) is 0 Å². The van der Waals surface area contributed by atoms with Crippen molar-refractivity contribution in [2.24, 2.45) is 0 Å². The second-order valence-corrected chi connectivity index (χ2v) is 7.44. The topological polar surface area (TPSA) is 41.2 Å². The highest BCUT2D eigenvalue weighted by atomic mass is 32.1. The second-order valence-electron chi connectivity index (χ2n) is 6.48. The summed E-state index contributed by atoms with van der Waals surface area (Å²) < 4.78 is 1.92. The zero-order chi connectivity index (χ0) is 17.2. The molecule has 1 aromatic heterocycles. The lowest BCUT2D eigenvalue weighted by Gasteiger charge is -2.32. The Kier molecular flexibility index (Phi) is 4.86. The molecule has 1 atom stereocenters. The first kappa shape index (κ1) is 16.9. The standard InChI is InChI=1S/C20H23NO2S/c1-3-5-12-20(4-2)13-9-14-21-17(22)16(18(23)24-19(20)21)15-10-7-6-8-11-15/h3,6-8,10-11H,1,4-5,9,12-14H2,2H3/p+1. The van der Waals surface area contributed by atoms with Gasteiger partial charge in [0.05, 0.1) is 5.41 Å². The van der Waals surface area contributed by atoms with Gasteiger partial charge in [-0.3, -0.25) is 4.79 Å². The molecular formula is C20H24NO2S+. The quantitative estimate of drug-likeness (QED) is 0.654. The molecule has 1 aromatic carbocycles. The molecule has 0 saturated carbocycles. The molecule has 0 amide bonds. The van der Waals surface area contributed by atoms with Gasteiger partial charge in [0.1, 0.15) is 0 Å². The molecule has 1 aliphatic rings. The number of hydrogen-bond acceptors (Lipinski definition) is 3. The molecule has 0 bridgehead atoms. The average Bonchev–Trinajstić information content (AvgIpc) is 2.61. The Labute approximate surface area is 146 Å². The average molecular weight is 342 g/mol. The van der Waals surface area contributed by atoms with Gasteiger partial charge in [0.2, 0.25) is 5.01 Å². The van der Waals surface area contributed by atoms with Crippen molar-refractivity contribution >= 4 is 11.3 Å². The highest BCUT2D eigenvalue weighted by molar-refractivity contribution is 7.09. The van der Waals surface area contributed by atoms with Gasteiger partial charge in [-0.15, -0.1) is 6.58 Å². The Bertz CT molecular complexity index is 797. The van der Waals surface area contributed by atoms with Gasteiger partial charge >= 0.3 is 5.88 Å². The summed E-state index contributed by atoms with van der Waals surface area (Å²) in [7, 11) is 0. The molecule has 24 heavy (non-hydrogen) atoms. The van der Waals surface area contributed by atoms with Crippen molar-refractivity contribution < 1.29 is 9.67 Å². The van der Waals surface area contributed by atoms with E-state index in [4.69, 9.17) is 0 Å². The molecule has 3 nitrogen and oxygen atoms in total. The van der Waals surface area contributed by atoms with Crippen molar-refractivity contribution in [2.75, 3.05) is 0 Å². The fourth-order valence-electron chi connectivity index (χ4n) is 3.77. The molecule has 3 rings (SSSR count). The molecule has 1 N–H and O–H groups in total. The van der Waals surface area contributed by atoms with Gasteiger partial charge in [-0.25, -0.2) is 0 Å². The first-order valence-electron chi connectivity index (χ1n) is 8.59. The van der Waals surface area contributed by atoms with Crippen LogP contribution in [0.15, 0.2) is 47.8 Å². The van der Waals surface area contributed by atoms with Crippen LogP contribution in [0.4, 0.5) is 0 Å². The summed E-state index contributed by atoms with van der Waals surface area (Å²) in [6.07, 6.45) is 6.91. The highest BCUT2D eigenvalue weighted by Gasteiger charge is 2.44. The van der Waals surface area contributed by atoms with E-state index in [-0.39, 0.29) is 16.0 Å². The van der Waals surface area contributed by atoms with E-state index in [1.807, 2.05) is 41.0 Å². The molecule has 2 aromatic rings. The number of allylic oxidation sites excluding steroid dienone is 1. The van der Waals surface area contributed by atoms with Crippen LogP contribution in [0.25, 0.3) is 11.1 Å². The van der Waals surface area contributed by atoms with E-state index in [1.54, 1.807) is 0 Å². The largest absolute Gasteiger partial charge is 0.459 e. The van der Waals surface area contributed by atoms with Crippen molar-refractivity contribution in [1.29, 1.82) is 0 Å². The van der Waals surface area contributed by atoms with E-state index in [9.17, 15) is 9.90 Å². The predicted molar refractivity (Wildman–Crippen MR) is 98.5 cm³/mol. The van der Waals surface area contributed by atoms with Crippen LogP contribution in [0, 0.1) is 0 Å². The number of nitrogens with zero attached hydrogens (tertiary/aromatic N) is 1. The van der Waals surface area contributed by atoms with E-state index >= 15 is 0 Å². The van der Waals surface area contributed by atoms with Gasteiger partial charge in [-0.05, 0) is 42.6 Å². The Morgan fingerprint density at radius 1 is 1.38 bits per heavy atom. The molecule has 1 aliphatic heterocycles. The minimum absolute atomic E-state index is 0.0248. The van der Waals surface area contributed by atoms with Crippen LogP contribution in [0.2, 0.25) is 0 Å². The minimum Gasteiger partial charge on any atom is -0.459 e. The molecule has 0 radical (unpaired) electrons. The highest BCUT2D eigenvalue weighted by Crippen LogP contribution is 2.41. The van der Waals surface area contributed by atoms with Crippen molar-refractivity contribution in [3.8, 4) is 17.0 Å². The first-order valence-corrected chi connectivity index (χ1v) is 9.41. The fourth-order valence-corrected chi connectivity index (χ4v) is 5.11. The third-order valence-corrected chi connectivity index (χ3v) is 6.41. The van der Waals surface area contributed by atoms with E-state index in [2.05, 4.69) is 13.5 Å². The number of rotatable bonds is 5. The molecule has 0 saturated heterocycles. The van der Waals surface area contributed by atoms with Gasteiger partial charge < -0.3 is 5.11 Å². The lowest BCUT2D eigenvalue weighted by atomic mass is 9.75. The van der Waals surface area contributed by atoms with Crippen molar-refractivity contribution in [3.05, 3.63) is 57.5 Å². The zero-order valence-electron chi connectivity index (χ0n) is 14.1. The number of benzene rings is 1. The van der Waals surface area contributed by atoms with E-state index in [0.717, 1.165) is 49.2 Å². The Balaban J connectivity index is 2.19. The molecule has 0 spiro atoms. The lowest BCUT2D eigenvalue weighted by Crippen LogP contribution is -2.50. The monoisotopic (exact) mass is 342 g/mol. The maximum absolute atomic E-state index is 12.8. The van der Waals surface area contributed by atoms with Crippen LogP contribution in [0.1, 0.15) is 44.0 Å². The number of hydrogen-bond donors (Lipinski definition) is 1. The molecule has 1 unspecified atom stereocenters. The molecular weight excluding hydrogens is 318 g/mol. The third-order valence-electron chi connectivity index (χ3n) is 5.17. The van der Waals surface area contributed by atoms with Crippen LogP contribution < -0.4 is 9.31 Å². The van der Waals surface area contributed by atoms with E-state index in [0.29, 0.717) is 5.56 Å². The first-order chi connectivity index (χ1) is 11.6. The number of aromatic hydroxyl groups is 1. The fraction of sp³-hybridized carbons (Fsp3) is 0.400. The zero-order valence-corrected chi connectivity index (χ0v) is 14.9. The van der Waals surface area contributed by atoms with Gasteiger partial charge in [0.25, 0.3) is 4.74 Å². The predicted octanol–water partition coefficient (Wildman–Crippen LogP) is 4.18. The molecule has 0 fully saturated rings. The summed E-state index contributed by atoms with van der Waals surface area (Å²) in [5.74, 6) is 0.121. The molecule has 4 heteroatoms. The van der Waals surface area contributed by atoms with E-state index < -0.39 is 0 Å². The van der Waals surface area contributed by atoms with Crippen molar-refractivity contribution in [2.45, 2.75) is 51.0 Å². The Hall–Kier alpha value is -1.94. The molecule has 126 valence electrons. The van der Waals surface area contributed by atoms with Crippen LogP contribution >= 0.6 is 11.3 Å². The summed E-state index contributed by atoms with van der Waals surface area (Å²) >= 11 is 1.31. The summed E-state index contributed by atoms with van der Waals surface area (Å²) in [5.41, 5.74) is 1.19. The minimum atomic E-state index is -0.0525. The maximum atomic E-state index is 12.8. The van der Waals surface area contributed by atoms with Gasteiger partial charge in [0.15, 0.2) is 12.1 Å². The van der Waals surface area contributed by atoms with Crippen LogP contribution in [0.3, 0.4) is 0 Å². The maximum Gasteiger partial charge on any atom is 0.379 e. The smallest absolute Gasteiger partial charge is 0.379 e. The normalized spacial score (nSPS) is 19.7. The third kappa shape index (κ3) is 2.80.